The molecule has 0 radical (unpaired) electrons. The molecule has 2 aromatic rings. The second kappa shape index (κ2) is 8.39. The molecule has 0 heterocycles. The number of anilines is 1. The lowest BCUT2D eigenvalue weighted by Gasteiger charge is -2.18. The zero-order valence-corrected chi connectivity index (χ0v) is 14.8. The van der Waals surface area contributed by atoms with Gasteiger partial charge in [0, 0.05) is 5.69 Å². The summed E-state index contributed by atoms with van der Waals surface area (Å²) in [6.07, 6.45) is 0.381. The van der Waals surface area contributed by atoms with Crippen LogP contribution in [0.25, 0.3) is 0 Å². The van der Waals surface area contributed by atoms with Gasteiger partial charge in [-0.1, -0.05) is 25.1 Å². The van der Waals surface area contributed by atoms with Crippen LogP contribution in [-0.4, -0.2) is 18.6 Å². The van der Waals surface area contributed by atoms with Crippen molar-refractivity contribution >= 4 is 11.6 Å². The van der Waals surface area contributed by atoms with E-state index in [0.29, 0.717) is 6.61 Å². The van der Waals surface area contributed by atoms with Crippen molar-refractivity contribution in [3.63, 3.8) is 0 Å². The highest BCUT2D eigenvalue weighted by Gasteiger charge is 2.17. The maximum absolute atomic E-state index is 12.3. The molecule has 0 aromatic heterocycles. The average molecular weight is 327 g/mol. The Morgan fingerprint density at radius 3 is 2.29 bits per heavy atom. The van der Waals surface area contributed by atoms with E-state index in [9.17, 15) is 4.79 Å². The number of hydrogen-bond acceptors (Lipinski definition) is 3. The van der Waals surface area contributed by atoms with E-state index in [1.807, 2.05) is 56.3 Å². The lowest BCUT2D eigenvalue weighted by molar-refractivity contribution is -0.122. The monoisotopic (exact) mass is 327 g/mol. The molecular formula is C20H25NO3. The molecule has 4 heteroatoms. The number of carbonyl (C=O) groups is 1. The molecule has 1 atom stereocenters. The van der Waals surface area contributed by atoms with E-state index >= 15 is 0 Å². The Labute approximate surface area is 143 Å². The molecule has 0 unspecified atom stereocenters. The number of amides is 1. The van der Waals surface area contributed by atoms with E-state index in [2.05, 4.69) is 12.2 Å². The molecule has 4 nitrogen and oxygen atoms in total. The third kappa shape index (κ3) is 4.75. The van der Waals surface area contributed by atoms with Crippen molar-refractivity contribution in [2.45, 2.75) is 40.2 Å². The third-order valence-corrected chi connectivity index (χ3v) is 3.67. The Balaban J connectivity index is 1.96. The summed E-state index contributed by atoms with van der Waals surface area (Å²) in [6, 6.07) is 13.3. The van der Waals surface area contributed by atoms with Crippen molar-refractivity contribution in [1.82, 2.24) is 0 Å². The van der Waals surface area contributed by atoms with Crippen LogP contribution in [0.5, 0.6) is 11.5 Å². The summed E-state index contributed by atoms with van der Waals surface area (Å²) >= 11 is 0. The second-order valence-electron chi connectivity index (χ2n) is 5.84. The number of carbonyl (C=O) groups excluding carboxylic acids is 1. The molecule has 0 saturated heterocycles. The lowest BCUT2D eigenvalue weighted by Crippen LogP contribution is -2.30. The van der Waals surface area contributed by atoms with Gasteiger partial charge in [-0.25, -0.2) is 0 Å². The van der Waals surface area contributed by atoms with Gasteiger partial charge in [0.05, 0.1) is 6.61 Å². The van der Waals surface area contributed by atoms with Crippen LogP contribution < -0.4 is 14.8 Å². The highest BCUT2D eigenvalue weighted by Crippen LogP contribution is 2.24. The van der Waals surface area contributed by atoms with Crippen LogP contribution >= 0.6 is 0 Å². The summed E-state index contributed by atoms with van der Waals surface area (Å²) in [6.45, 7) is 8.45. The Hall–Kier alpha value is -2.49. The molecule has 0 fully saturated rings. The molecule has 2 rings (SSSR count). The topological polar surface area (TPSA) is 47.6 Å². The van der Waals surface area contributed by atoms with Gasteiger partial charge in [0.25, 0.3) is 5.91 Å². The molecule has 1 N–H and O–H groups in total. The first-order chi connectivity index (χ1) is 11.5. The molecule has 0 saturated carbocycles. The summed E-state index contributed by atoms with van der Waals surface area (Å²) in [7, 11) is 0. The Bertz CT molecular complexity index is 660. The lowest BCUT2D eigenvalue weighted by atomic mass is 10.1. The predicted octanol–water partition coefficient (Wildman–Crippen LogP) is 4.50. The number of aryl methyl sites for hydroxylation is 2. The van der Waals surface area contributed by atoms with E-state index in [-0.39, 0.29) is 5.91 Å². The predicted molar refractivity (Wildman–Crippen MR) is 96.9 cm³/mol. The maximum atomic E-state index is 12.3. The first-order valence-electron chi connectivity index (χ1n) is 8.28. The molecular weight excluding hydrogens is 302 g/mol. The van der Waals surface area contributed by atoms with Crippen molar-refractivity contribution in [1.29, 1.82) is 0 Å². The Kier molecular flexibility index (Phi) is 6.24. The van der Waals surface area contributed by atoms with Crippen LogP contribution in [0.15, 0.2) is 42.5 Å². The van der Waals surface area contributed by atoms with Gasteiger partial charge in [-0.2, -0.15) is 0 Å². The fourth-order valence-electron chi connectivity index (χ4n) is 2.31. The summed E-state index contributed by atoms with van der Waals surface area (Å²) in [5.41, 5.74) is 2.76. The van der Waals surface area contributed by atoms with Gasteiger partial charge in [0.1, 0.15) is 11.5 Å². The summed E-state index contributed by atoms with van der Waals surface area (Å²) in [5.74, 6) is 1.39. The number of benzene rings is 2. The minimum atomic E-state index is -0.583. The number of rotatable bonds is 7. The molecule has 0 spiro atoms. The van der Waals surface area contributed by atoms with E-state index in [1.54, 1.807) is 6.92 Å². The van der Waals surface area contributed by atoms with E-state index in [4.69, 9.17) is 9.47 Å². The highest BCUT2D eigenvalue weighted by molar-refractivity contribution is 5.94. The third-order valence-electron chi connectivity index (χ3n) is 3.67. The van der Waals surface area contributed by atoms with Crippen LogP contribution in [-0.2, 0) is 4.79 Å². The van der Waals surface area contributed by atoms with Gasteiger partial charge in [-0.05, 0) is 62.6 Å². The van der Waals surface area contributed by atoms with Crippen molar-refractivity contribution in [2.24, 2.45) is 0 Å². The molecule has 0 aliphatic heterocycles. The first-order valence-corrected chi connectivity index (χ1v) is 8.28. The Morgan fingerprint density at radius 2 is 1.71 bits per heavy atom. The molecule has 0 aliphatic rings. The van der Waals surface area contributed by atoms with Crippen molar-refractivity contribution in [2.75, 3.05) is 11.9 Å². The minimum Gasteiger partial charge on any atom is -0.494 e. The number of nitrogens with one attached hydrogen (secondary N) is 1. The standard InChI is InChI=1S/C20H25NO3/c1-5-13-23-18-11-9-17(10-12-18)21-20(22)16(4)24-19-14(2)7-6-8-15(19)3/h6-12,16H,5,13H2,1-4H3,(H,21,22)/t16-/m0/s1. The van der Waals surface area contributed by atoms with E-state index in [1.165, 1.54) is 0 Å². The molecule has 1 amide bonds. The molecule has 24 heavy (non-hydrogen) atoms. The van der Waals surface area contributed by atoms with Crippen LogP contribution in [0.1, 0.15) is 31.4 Å². The van der Waals surface area contributed by atoms with Gasteiger partial charge in [0.15, 0.2) is 6.10 Å². The normalized spacial score (nSPS) is 11.7. The molecule has 0 bridgehead atoms. The van der Waals surface area contributed by atoms with E-state index in [0.717, 1.165) is 34.7 Å². The quantitative estimate of drug-likeness (QED) is 0.814. The summed E-state index contributed by atoms with van der Waals surface area (Å²) in [5, 5.41) is 2.86. The number of ether oxygens (including phenoxy) is 2. The van der Waals surface area contributed by atoms with Gasteiger partial charge in [-0.15, -0.1) is 0 Å². The SMILES string of the molecule is CCCOc1ccc(NC(=O)[C@H](C)Oc2c(C)cccc2C)cc1. The average Bonchev–Trinajstić information content (AvgIpc) is 2.57. The zero-order valence-electron chi connectivity index (χ0n) is 14.8. The van der Waals surface area contributed by atoms with Crippen molar-refractivity contribution in [3.8, 4) is 11.5 Å². The minimum absolute atomic E-state index is 0.181. The Morgan fingerprint density at radius 1 is 1.08 bits per heavy atom. The first kappa shape index (κ1) is 17.9. The fraction of sp³-hybridized carbons (Fsp3) is 0.350. The smallest absolute Gasteiger partial charge is 0.265 e. The van der Waals surface area contributed by atoms with E-state index < -0.39 is 6.10 Å². The number of hydrogen-bond donors (Lipinski definition) is 1. The molecule has 2 aromatic carbocycles. The maximum Gasteiger partial charge on any atom is 0.265 e. The molecule has 128 valence electrons. The van der Waals surface area contributed by atoms with Crippen LogP contribution in [0.3, 0.4) is 0 Å². The largest absolute Gasteiger partial charge is 0.494 e. The zero-order chi connectivity index (χ0) is 17.5. The summed E-state index contributed by atoms with van der Waals surface area (Å²) in [4.78, 5) is 12.3. The fourth-order valence-corrected chi connectivity index (χ4v) is 2.31. The van der Waals surface area contributed by atoms with Gasteiger partial charge in [0.2, 0.25) is 0 Å². The number of para-hydroxylation sites is 1. The van der Waals surface area contributed by atoms with Crippen LogP contribution in [0.4, 0.5) is 5.69 Å². The van der Waals surface area contributed by atoms with Crippen LogP contribution in [0.2, 0.25) is 0 Å². The van der Waals surface area contributed by atoms with Gasteiger partial charge in [-0.3, -0.25) is 4.79 Å². The van der Waals surface area contributed by atoms with Crippen LogP contribution in [0, 0.1) is 13.8 Å². The van der Waals surface area contributed by atoms with Gasteiger partial charge < -0.3 is 14.8 Å². The highest BCUT2D eigenvalue weighted by atomic mass is 16.5. The van der Waals surface area contributed by atoms with Crippen molar-refractivity contribution in [3.05, 3.63) is 53.6 Å². The second-order valence-corrected chi connectivity index (χ2v) is 5.84. The van der Waals surface area contributed by atoms with Crippen molar-refractivity contribution < 1.29 is 14.3 Å². The summed E-state index contributed by atoms with van der Waals surface area (Å²) < 4.78 is 11.4. The van der Waals surface area contributed by atoms with Gasteiger partial charge >= 0.3 is 0 Å². The molecule has 0 aliphatic carbocycles.